The van der Waals surface area contributed by atoms with Crippen LogP contribution in [0.1, 0.15) is 18.7 Å². The summed E-state index contributed by atoms with van der Waals surface area (Å²) >= 11 is 7.45. The molecule has 2 heterocycles. The van der Waals surface area contributed by atoms with Crippen LogP contribution in [0.25, 0.3) is 10.2 Å². The molecule has 0 saturated heterocycles. The van der Waals surface area contributed by atoms with Crippen molar-refractivity contribution in [1.29, 1.82) is 0 Å². The van der Waals surface area contributed by atoms with Gasteiger partial charge in [0.2, 0.25) is 11.2 Å². The number of nitrogens with zero attached hydrogens (tertiary/aromatic N) is 2. The maximum absolute atomic E-state index is 5.87. The van der Waals surface area contributed by atoms with Crippen LogP contribution in [0.3, 0.4) is 0 Å². The minimum atomic E-state index is 0.200. The van der Waals surface area contributed by atoms with E-state index in [2.05, 4.69) is 9.97 Å². The number of thiophene rings is 1. The van der Waals surface area contributed by atoms with Crippen molar-refractivity contribution in [3.05, 3.63) is 16.2 Å². The molecule has 0 fully saturated rings. The summed E-state index contributed by atoms with van der Waals surface area (Å²) in [6.07, 6.45) is 0.200. The van der Waals surface area contributed by atoms with Gasteiger partial charge in [-0.1, -0.05) is 0 Å². The molecule has 98 valence electrons. The summed E-state index contributed by atoms with van der Waals surface area (Å²) in [6, 6.07) is 2.01. The van der Waals surface area contributed by atoms with Crippen LogP contribution in [0, 0.1) is 6.92 Å². The number of ether oxygens (including phenoxy) is 2. The van der Waals surface area contributed by atoms with Crippen molar-refractivity contribution in [2.75, 3.05) is 13.2 Å². The number of rotatable bonds is 5. The van der Waals surface area contributed by atoms with Crippen LogP contribution in [0.4, 0.5) is 0 Å². The molecule has 0 aromatic carbocycles. The van der Waals surface area contributed by atoms with Gasteiger partial charge >= 0.3 is 0 Å². The van der Waals surface area contributed by atoms with E-state index in [9.17, 15) is 0 Å². The topological polar surface area (TPSA) is 44.2 Å². The number of aryl methyl sites for hydroxylation is 1. The first kappa shape index (κ1) is 13.5. The number of fused-ring (bicyclic) bond motifs is 1. The quantitative estimate of drug-likeness (QED) is 0.624. The van der Waals surface area contributed by atoms with Crippen LogP contribution in [0.5, 0.6) is 5.88 Å². The fourth-order valence-corrected chi connectivity index (χ4v) is 2.60. The van der Waals surface area contributed by atoms with Crippen molar-refractivity contribution in [2.45, 2.75) is 26.9 Å². The Morgan fingerprint density at radius 3 is 2.83 bits per heavy atom. The lowest BCUT2D eigenvalue weighted by molar-refractivity contribution is 0.0546. The molecular weight excluding hydrogens is 272 g/mol. The number of hydrogen-bond acceptors (Lipinski definition) is 5. The zero-order chi connectivity index (χ0) is 13.1. The summed E-state index contributed by atoms with van der Waals surface area (Å²) in [6.45, 7) is 6.98. The highest BCUT2D eigenvalue weighted by Gasteiger charge is 2.10. The monoisotopic (exact) mass is 286 g/mol. The van der Waals surface area contributed by atoms with Gasteiger partial charge in [-0.3, -0.25) is 0 Å². The molecule has 4 nitrogen and oxygen atoms in total. The van der Waals surface area contributed by atoms with Gasteiger partial charge in [-0.2, -0.15) is 4.98 Å². The van der Waals surface area contributed by atoms with Gasteiger partial charge in [0.15, 0.2) is 0 Å². The van der Waals surface area contributed by atoms with Crippen molar-refractivity contribution >= 4 is 33.2 Å². The molecule has 0 aliphatic rings. The van der Waals surface area contributed by atoms with Gasteiger partial charge in [-0.15, -0.1) is 11.3 Å². The van der Waals surface area contributed by atoms with E-state index in [4.69, 9.17) is 21.1 Å². The second-order valence-corrected chi connectivity index (χ2v) is 5.71. The highest BCUT2D eigenvalue weighted by molar-refractivity contribution is 7.18. The van der Waals surface area contributed by atoms with Crippen molar-refractivity contribution in [3.63, 3.8) is 0 Å². The minimum Gasteiger partial charge on any atom is -0.475 e. The molecule has 18 heavy (non-hydrogen) atoms. The zero-order valence-electron chi connectivity index (χ0n) is 10.6. The second-order valence-electron chi connectivity index (χ2n) is 4.14. The predicted molar refractivity (Wildman–Crippen MR) is 73.7 cm³/mol. The summed E-state index contributed by atoms with van der Waals surface area (Å²) < 4.78 is 11.0. The summed E-state index contributed by atoms with van der Waals surface area (Å²) in [5.41, 5.74) is 0. The van der Waals surface area contributed by atoms with Gasteiger partial charge < -0.3 is 9.47 Å². The Kier molecular flexibility index (Phi) is 4.37. The largest absolute Gasteiger partial charge is 0.475 e. The first-order valence-electron chi connectivity index (χ1n) is 5.74. The number of halogens is 1. The van der Waals surface area contributed by atoms with E-state index in [1.807, 2.05) is 26.8 Å². The Morgan fingerprint density at radius 2 is 2.11 bits per heavy atom. The van der Waals surface area contributed by atoms with E-state index in [-0.39, 0.29) is 11.4 Å². The minimum absolute atomic E-state index is 0.200. The van der Waals surface area contributed by atoms with Crippen molar-refractivity contribution in [1.82, 2.24) is 9.97 Å². The van der Waals surface area contributed by atoms with E-state index in [1.54, 1.807) is 11.3 Å². The molecule has 0 amide bonds. The smallest absolute Gasteiger partial charge is 0.227 e. The van der Waals surface area contributed by atoms with Gasteiger partial charge in [0.05, 0.1) is 18.1 Å². The third-order valence-corrected chi connectivity index (χ3v) is 3.34. The van der Waals surface area contributed by atoms with Gasteiger partial charge in [-0.25, -0.2) is 4.98 Å². The van der Waals surface area contributed by atoms with E-state index < -0.39 is 0 Å². The molecule has 0 aliphatic heterocycles. The van der Waals surface area contributed by atoms with Crippen LogP contribution >= 0.6 is 22.9 Å². The average molecular weight is 287 g/mol. The normalized spacial score (nSPS) is 11.4. The van der Waals surface area contributed by atoms with Gasteiger partial charge in [0, 0.05) is 4.88 Å². The van der Waals surface area contributed by atoms with Crippen LogP contribution in [0.2, 0.25) is 5.28 Å². The Hall–Kier alpha value is -0.910. The van der Waals surface area contributed by atoms with E-state index in [0.29, 0.717) is 19.1 Å². The lowest BCUT2D eigenvalue weighted by Crippen LogP contribution is -2.12. The molecule has 2 aromatic heterocycles. The summed E-state index contributed by atoms with van der Waals surface area (Å²) in [5, 5.41) is 1.12. The highest BCUT2D eigenvalue weighted by atomic mass is 35.5. The average Bonchev–Trinajstić information content (AvgIpc) is 2.64. The molecule has 0 bridgehead atoms. The van der Waals surface area contributed by atoms with E-state index >= 15 is 0 Å². The molecule has 0 N–H and O–H groups in total. The third-order valence-electron chi connectivity index (χ3n) is 2.23. The fourth-order valence-electron chi connectivity index (χ4n) is 1.52. The first-order chi connectivity index (χ1) is 8.56. The molecule has 2 aromatic rings. The molecule has 6 heteroatoms. The third kappa shape index (κ3) is 3.31. The standard InChI is InChI=1S/C12H15ClN2O2S/c1-7(2)16-4-5-17-10-9-6-8(3)18-11(9)15-12(13)14-10/h6-7H,4-5H2,1-3H3. The number of hydrogen-bond donors (Lipinski definition) is 0. The van der Waals surface area contributed by atoms with E-state index in [0.717, 1.165) is 15.1 Å². The van der Waals surface area contributed by atoms with Crippen LogP contribution in [-0.2, 0) is 4.74 Å². The molecule has 0 spiro atoms. The highest BCUT2D eigenvalue weighted by Crippen LogP contribution is 2.30. The van der Waals surface area contributed by atoms with E-state index in [1.165, 1.54) is 0 Å². The summed E-state index contributed by atoms with van der Waals surface area (Å²) in [7, 11) is 0. The first-order valence-corrected chi connectivity index (χ1v) is 6.94. The van der Waals surface area contributed by atoms with Crippen LogP contribution in [-0.4, -0.2) is 29.3 Å². The molecule has 0 atom stereocenters. The van der Waals surface area contributed by atoms with Crippen LogP contribution < -0.4 is 4.74 Å². The second kappa shape index (κ2) is 5.82. The van der Waals surface area contributed by atoms with Gasteiger partial charge in [0.25, 0.3) is 0 Å². The lowest BCUT2D eigenvalue weighted by Gasteiger charge is -2.09. The molecule has 0 radical (unpaired) electrons. The van der Waals surface area contributed by atoms with Gasteiger partial charge in [0.1, 0.15) is 11.4 Å². The molecule has 2 rings (SSSR count). The zero-order valence-corrected chi connectivity index (χ0v) is 12.1. The molecule has 0 saturated carbocycles. The SMILES string of the molecule is Cc1cc2c(OCCOC(C)C)nc(Cl)nc2s1. The van der Waals surface area contributed by atoms with Gasteiger partial charge in [-0.05, 0) is 38.4 Å². The molecular formula is C12H15ClN2O2S. The Morgan fingerprint density at radius 1 is 1.33 bits per heavy atom. The Bertz CT molecular complexity index is 542. The van der Waals surface area contributed by atoms with Crippen molar-refractivity contribution < 1.29 is 9.47 Å². The molecule has 0 aliphatic carbocycles. The van der Waals surface area contributed by atoms with Crippen molar-refractivity contribution in [2.24, 2.45) is 0 Å². The fraction of sp³-hybridized carbons (Fsp3) is 0.500. The molecule has 0 unspecified atom stereocenters. The van der Waals surface area contributed by atoms with Crippen molar-refractivity contribution in [3.8, 4) is 5.88 Å². The Labute approximate surface area is 115 Å². The maximum Gasteiger partial charge on any atom is 0.227 e. The number of aromatic nitrogens is 2. The predicted octanol–water partition coefficient (Wildman–Crippen LogP) is 3.46. The maximum atomic E-state index is 5.87. The van der Waals surface area contributed by atoms with Crippen LogP contribution in [0.15, 0.2) is 6.07 Å². The summed E-state index contributed by atoms with van der Waals surface area (Å²) in [5.74, 6) is 0.529. The Balaban J connectivity index is 2.11. The lowest BCUT2D eigenvalue weighted by atomic mass is 10.3. The summed E-state index contributed by atoms with van der Waals surface area (Å²) in [4.78, 5) is 10.3.